The highest BCUT2D eigenvalue weighted by Crippen LogP contribution is 2.42. The summed E-state index contributed by atoms with van der Waals surface area (Å²) in [7, 11) is 4.59. The van der Waals surface area contributed by atoms with Gasteiger partial charge in [-0.15, -0.1) is 0 Å². The molecule has 0 bridgehead atoms. The fourth-order valence-corrected chi connectivity index (χ4v) is 4.02. The van der Waals surface area contributed by atoms with Crippen molar-refractivity contribution in [2.24, 2.45) is 0 Å². The second kappa shape index (κ2) is 8.80. The van der Waals surface area contributed by atoms with Crippen LogP contribution in [0.15, 0.2) is 54.0 Å². The molecule has 1 aromatic heterocycles. The predicted octanol–water partition coefficient (Wildman–Crippen LogP) is 3.88. The Balaban J connectivity index is 1.82. The first-order valence-corrected chi connectivity index (χ1v) is 10.1. The molecule has 0 aliphatic carbocycles. The number of carbonyl (C=O) groups excluding carboxylic acids is 1. The Morgan fingerprint density at radius 3 is 2.59 bits per heavy atom. The van der Waals surface area contributed by atoms with Crippen molar-refractivity contribution >= 4 is 29.1 Å². The number of rotatable bonds is 6. The molecule has 0 spiro atoms. The summed E-state index contributed by atoms with van der Waals surface area (Å²) >= 11 is 6.47. The van der Waals surface area contributed by atoms with Gasteiger partial charge in [-0.25, -0.2) is 4.68 Å². The van der Waals surface area contributed by atoms with Crippen molar-refractivity contribution in [2.45, 2.75) is 13.0 Å². The van der Waals surface area contributed by atoms with Crippen molar-refractivity contribution < 1.29 is 19.0 Å². The van der Waals surface area contributed by atoms with Gasteiger partial charge in [-0.2, -0.15) is 10.1 Å². The minimum Gasteiger partial charge on any atom is -0.495 e. The topological polar surface area (TPSA) is 99.5 Å². The monoisotopic (exact) mass is 455 g/mol. The van der Waals surface area contributed by atoms with Gasteiger partial charge in [-0.3, -0.25) is 4.79 Å². The van der Waals surface area contributed by atoms with Crippen LogP contribution in [0.3, 0.4) is 0 Å². The van der Waals surface area contributed by atoms with Gasteiger partial charge < -0.3 is 24.8 Å². The average molecular weight is 456 g/mol. The Hall–Kier alpha value is -3.72. The molecule has 3 aromatic rings. The van der Waals surface area contributed by atoms with Gasteiger partial charge >= 0.3 is 0 Å². The third kappa shape index (κ3) is 3.71. The summed E-state index contributed by atoms with van der Waals surface area (Å²) in [6.45, 7) is 1.81. The molecule has 1 amide bonds. The molecule has 0 saturated carbocycles. The summed E-state index contributed by atoms with van der Waals surface area (Å²) in [4.78, 5) is 17.8. The molecule has 32 heavy (non-hydrogen) atoms. The number of para-hydroxylation sites is 2. The lowest BCUT2D eigenvalue weighted by atomic mass is 9.94. The van der Waals surface area contributed by atoms with E-state index in [-0.39, 0.29) is 5.91 Å². The number of carbonyl (C=O) groups is 1. The van der Waals surface area contributed by atoms with Crippen molar-refractivity contribution in [3.8, 4) is 17.2 Å². The smallest absolute Gasteiger partial charge is 0.255 e. The zero-order valence-electron chi connectivity index (χ0n) is 18.0. The van der Waals surface area contributed by atoms with Gasteiger partial charge in [0.25, 0.3) is 5.91 Å². The van der Waals surface area contributed by atoms with Gasteiger partial charge in [-0.1, -0.05) is 23.7 Å². The predicted molar refractivity (Wildman–Crippen MR) is 121 cm³/mol. The molecular formula is C22H22ClN5O4. The average Bonchev–Trinajstić information content (AvgIpc) is 3.25. The van der Waals surface area contributed by atoms with Crippen LogP contribution in [0.1, 0.15) is 18.5 Å². The number of nitrogens with one attached hydrogen (secondary N) is 2. The summed E-state index contributed by atoms with van der Waals surface area (Å²) in [6.07, 6.45) is 1.42. The van der Waals surface area contributed by atoms with Crippen LogP contribution in [0, 0.1) is 0 Å². The van der Waals surface area contributed by atoms with Crippen LogP contribution in [0.2, 0.25) is 5.02 Å². The number of amides is 1. The minimum atomic E-state index is -0.610. The maximum Gasteiger partial charge on any atom is 0.255 e. The molecule has 0 fully saturated rings. The fraction of sp³-hybridized carbons (Fsp3) is 0.227. The highest BCUT2D eigenvalue weighted by Gasteiger charge is 2.34. The molecule has 2 aromatic carbocycles. The Bertz CT molecular complexity index is 1210. The Labute approximate surface area is 190 Å². The van der Waals surface area contributed by atoms with E-state index in [4.69, 9.17) is 25.8 Å². The first kappa shape index (κ1) is 21.5. The number of ether oxygens (including phenoxy) is 3. The van der Waals surface area contributed by atoms with E-state index in [2.05, 4.69) is 20.7 Å². The van der Waals surface area contributed by atoms with Crippen LogP contribution in [0.4, 0.5) is 11.6 Å². The Kier molecular flexibility index (Phi) is 5.91. The van der Waals surface area contributed by atoms with Gasteiger partial charge in [0.2, 0.25) is 5.95 Å². The number of nitrogens with zero attached hydrogens (tertiary/aromatic N) is 3. The van der Waals surface area contributed by atoms with E-state index in [0.29, 0.717) is 50.7 Å². The molecule has 166 valence electrons. The first-order valence-electron chi connectivity index (χ1n) is 9.71. The van der Waals surface area contributed by atoms with Crippen molar-refractivity contribution in [1.82, 2.24) is 14.8 Å². The van der Waals surface area contributed by atoms with E-state index in [1.807, 2.05) is 19.1 Å². The second-order valence-electron chi connectivity index (χ2n) is 6.99. The normalized spacial score (nSPS) is 15.0. The van der Waals surface area contributed by atoms with Gasteiger partial charge in [0.05, 0.1) is 37.6 Å². The van der Waals surface area contributed by atoms with Gasteiger partial charge in [0.1, 0.15) is 18.1 Å². The van der Waals surface area contributed by atoms with Crippen molar-refractivity contribution in [3.05, 3.63) is 64.6 Å². The van der Waals surface area contributed by atoms with Crippen LogP contribution in [-0.2, 0) is 4.79 Å². The van der Waals surface area contributed by atoms with Crippen LogP contribution >= 0.6 is 11.6 Å². The molecule has 9 nitrogen and oxygen atoms in total. The number of methoxy groups -OCH3 is 3. The molecule has 1 unspecified atom stereocenters. The summed E-state index contributed by atoms with van der Waals surface area (Å²) in [5, 5.41) is 10.8. The highest BCUT2D eigenvalue weighted by atomic mass is 35.5. The second-order valence-corrected chi connectivity index (χ2v) is 7.39. The largest absolute Gasteiger partial charge is 0.495 e. The standard InChI is InChI=1S/C22H22ClN5O4/c1-12-18(21(29)27-15-7-5-6-8-16(15)30-2)19(28-22(26-12)24-11-25-28)13-9-14(23)20(32-4)17(10-13)31-3/h5-11,19H,1-4H3,(H,27,29)(H,24,25,26). The number of aromatic nitrogens is 3. The minimum absolute atomic E-state index is 0.323. The molecule has 1 atom stereocenters. The van der Waals surface area contributed by atoms with Crippen molar-refractivity contribution in [1.29, 1.82) is 0 Å². The fourth-order valence-electron chi connectivity index (χ4n) is 3.73. The quantitative estimate of drug-likeness (QED) is 0.581. The summed E-state index contributed by atoms with van der Waals surface area (Å²) in [6, 6.07) is 10.1. The van der Waals surface area contributed by atoms with E-state index in [1.165, 1.54) is 20.5 Å². The molecule has 2 N–H and O–H groups in total. The number of hydrogen-bond donors (Lipinski definition) is 2. The summed E-state index contributed by atoms with van der Waals surface area (Å²) < 4.78 is 17.8. The van der Waals surface area contributed by atoms with Crippen molar-refractivity contribution in [2.75, 3.05) is 32.0 Å². The molecule has 0 saturated heterocycles. The molecule has 4 rings (SSSR count). The van der Waals surface area contributed by atoms with E-state index in [9.17, 15) is 4.79 Å². The lowest BCUT2D eigenvalue weighted by Gasteiger charge is -2.29. The molecular weight excluding hydrogens is 434 g/mol. The SMILES string of the molecule is COc1ccccc1NC(=O)C1=C(C)Nc2ncnn2C1c1cc(Cl)c(OC)c(OC)c1. The number of fused-ring (bicyclic) bond motifs is 1. The molecule has 0 radical (unpaired) electrons. The van der Waals surface area contributed by atoms with Crippen molar-refractivity contribution in [3.63, 3.8) is 0 Å². The molecule has 10 heteroatoms. The summed E-state index contributed by atoms with van der Waals surface area (Å²) in [5.41, 5.74) is 2.31. The molecule has 1 aliphatic heterocycles. The lowest BCUT2D eigenvalue weighted by Crippen LogP contribution is -2.31. The third-order valence-electron chi connectivity index (χ3n) is 5.17. The first-order chi connectivity index (χ1) is 15.5. The number of hydrogen-bond acceptors (Lipinski definition) is 7. The maximum absolute atomic E-state index is 13.5. The zero-order chi connectivity index (χ0) is 22.8. The van der Waals surface area contributed by atoms with Gasteiger partial charge in [0, 0.05) is 5.70 Å². The number of benzene rings is 2. The number of halogens is 1. The zero-order valence-corrected chi connectivity index (χ0v) is 18.7. The maximum atomic E-state index is 13.5. The number of allylic oxidation sites excluding steroid dienone is 1. The summed E-state index contributed by atoms with van der Waals surface area (Å²) in [5.74, 6) is 1.59. The molecule has 2 heterocycles. The van der Waals surface area contributed by atoms with Gasteiger partial charge in [-0.05, 0) is 36.8 Å². The van der Waals surface area contributed by atoms with Gasteiger partial charge in [0.15, 0.2) is 11.5 Å². The molecule has 1 aliphatic rings. The third-order valence-corrected chi connectivity index (χ3v) is 5.45. The van der Waals surface area contributed by atoms with Crippen LogP contribution in [-0.4, -0.2) is 42.0 Å². The Morgan fingerprint density at radius 2 is 1.88 bits per heavy atom. The van der Waals surface area contributed by atoms with E-state index in [0.717, 1.165) is 0 Å². The van der Waals surface area contributed by atoms with E-state index < -0.39 is 6.04 Å². The van der Waals surface area contributed by atoms with E-state index >= 15 is 0 Å². The van der Waals surface area contributed by atoms with Crippen LogP contribution in [0.5, 0.6) is 17.2 Å². The Morgan fingerprint density at radius 1 is 1.12 bits per heavy atom. The van der Waals surface area contributed by atoms with Crippen LogP contribution in [0.25, 0.3) is 0 Å². The lowest BCUT2D eigenvalue weighted by molar-refractivity contribution is -0.113. The highest BCUT2D eigenvalue weighted by molar-refractivity contribution is 6.32. The number of anilines is 2. The van der Waals surface area contributed by atoms with E-state index in [1.54, 1.807) is 36.1 Å². The van der Waals surface area contributed by atoms with Crippen LogP contribution < -0.4 is 24.8 Å².